The molecule has 29 heavy (non-hydrogen) atoms. The van der Waals surface area contributed by atoms with Gasteiger partial charge in [-0.2, -0.15) is 0 Å². The van der Waals surface area contributed by atoms with Gasteiger partial charge >= 0.3 is 0 Å². The smallest absolute Gasteiger partial charge is 0.293 e. The normalized spacial score (nSPS) is 13.9. The van der Waals surface area contributed by atoms with Crippen molar-refractivity contribution in [1.82, 2.24) is 10.2 Å². The molecule has 2 N–H and O–H groups in total. The van der Waals surface area contributed by atoms with Gasteiger partial charge in [0.15, 0.2) is 10.9 Å². The van der Waals surface area contributed by atoms with Crippen LogP contribution in [0.1, 0.15) is 30.3 Å². The van der Waals surface area contributed by atoms with Gasteiger partial charge < -0.3 is 19.5 Å². The fourth-order valence-electron chi connectivity index (χ4n) is 3.18. The molecule has 2 amide bonds. The Morgan fingerprint density at radius 1 is 1.21 bits per heavy atom. The molecule has 1 aliphatic rings. The fraction of sp³-hybridized carbons (Fsp3) is 0.350. The first kappa shape index (κ1) is 21.1. The van der Waals surface area contributed by atoms with Crippen LogP contribution in [0.25, 0.3) is 0 Å². The number of piperazine rings is 1. The minimum absolute atomic E-state index is 0.145. The summed E-state index contributed by atoms with van der Waals surface area (Å²) in [4.78, 5) is 28.3. The van der Waals surface area contributed by atoms with Crippen molar-refractivity contribution in [3.63, 3.8) is 0 Å². The van der Waals surface area contributed by atoms with Gasteiger partial charge in [-0.05, 0) is 49.0 Å². The lowest BCUT2D eigenvalue weighted by atomic mass is 10.2. The van der Waals surface area contributed by atoms with Crippen molar-refractivity contribution in [3.8, 4) is 0 Å². The molecule has 9 heteroatoms. The summed E-state index contributed by atoms with van der Waals surface area (Å²) >= 11 is 11.4. The number of amides is 2. The second-order valence-electron chi connectivity index (χ2n) is 6.66. The number of thiocarbonyl (C=S) groups is 1. The third-order valence-corrected chi connectivity index (χ3v) is 5.05. The summed E-state index contributed by atoms with van der Waals surface area (Å²) in [5, 5.41) is 6.33. The minimum atomic E-state index is -0.431. The van der Waals surface area contributed by atoms with Gasteiger partial charge in [0.25, 0.3) is 5.91 Å². The molecule has 2 heterocycles. The van der Waals surface area contributed by atoms with E-state index in [1.165, 1.54) is 6.26 Å². The minimum Gasteiger partial charge on any atom is -0.459 e. The van der Waals surface area contributed by atoms with Crippen LogP contribution in [0, 0.1) is 0 Å². The van der Waals surface area contributed by atoms with Crippen LogP contribution >= 0.6 is 23.8 Å². The van der Waals surface area contributed by atoms with E-state index in [9.17, 15) is 9.59 Å². The van der Waals surface area contributed by atoms with Crippen molar-refractivity contribution >= 4 is 52.1 Å². The molecule has 0 saturated carbocycles. The molecule has 1 fully saturated rings. The molecule has 1 aliphatic heterocycles. The number of furan rings is 1. The van der Waals surface area contributed by atoms with E-state index in [-0.39, 0.29) is 16.8 Å². The molecule has 0 bridgehead atoms. The molecule has 2 aromatic rings. The Labute approximate surface area is 180 Å². The van der Waals surface area contributed by atoms with Crippen molar-refractivity contribution in [3.05, 3.63) is 47.4 Å². The quantitative estimate of drug-likeness (QED) is 0.701. The third kappa shape index (κ3) is 5.48. The second-order valence-corrected chi connectivity index (χ2v) is 7.51. The molecule has 1 saturated heterocycles. The van der Waals surface area contributed by atoms with Crippen molar-refractivity contribution in [2.75, 3.05) is 36.4 Å². The first-order chi connectivity index (χ1) is 14.0. The number of halogens is 1. The Bertz CT molecular complexity index is 880. The summed E-state index contributed by atoms with van der Waals surface area (Å²) in [6.45, 7) is 4.75. The summed E-state index contributed by atoms with van der Waals surface area (Å²) in [5.74, 6) is -0.0594. The van der Waals surface area contributed by atoms with Crippen LogP contribution in [0.5, 0.6) is 0 Å². The summed E-state index contributed by atoms with van der Waals surface area (Å²) < 4.78 is 5.07. The molecule has 0 radical (unpaired) electrons. The molecule has 0 unspecified atom stereocenters. The maximum atomic E-state index is 12.1. The molecule has 154 valence electrons. The van der Waals surface area contributed by atoms with E-state index in [1.54, 1.807) is 24.3 Å². The predicted molar refractivity (Wildman–Crippen MR) is 118 cm³/mol. The number of nitrogens with one attached hydrogen (secondary N) is 2. The average molecular weight is 435 g/mol. The molecule has 1 aromatic carbocycles. The van der Waals surface area contributed by atoms with E-state index in [1.807, 2.05) is 17.9 Å². The highest BCUT2D eigenvalue weighted by atomic mass is 35.5. The van der Waals surface area contributed by atoms with Gasteiger partial charge in [0.05, 0.1) is 17.6 Å². The number of nitrogens with zero attached hydrogens (tertiary/aromatic N) is 2. The van der Waals surface area contributed by atoms with Crippen LogP contribution in [0.15, 0.2) is 41.0 Å². The first-order valence-electron chi connectivity index (χ1n) is 9.46. The number of hydrogen-bond acceptors (Lipinski definition) is 5. The molecular weight excluding hydrogens is 412 g/mol. The van der Waals surface area contributed by atoms with E-state index in [0.717, 1.165) is 12.1 Å². The number of carbonyl (C=O) groups excluding carboxylic acids is 2. The highest BCUT2D eigenvalue weighted by Crippen LogP contribution is 2.30. The molecule has 0 spiro atoms. The lowest BCUT2D eigenvalue weighted by Crippen LogP contribution is -2.49. The van der Waals surface area contributed by atoms with E-state index in [2.05, 4.69) is 15.5 Å². The Kier molecular flexibility index (Phi) is 7.11. The first-order valence-corrected chi connectivity index (χ1v) is 10.2. The highest BCUT2D eigenvalue weighted by molar-refractivity contribution is 7.80. The van der Waals surface area contributed by atoms with Gasteiger partial charge in [0.1, 0.15) is 0 Å². The van der Waals surface area contributed by atoms with Crippen molar-refractivity contribution in [2.45, 2.75) is 19.8 Å². The zero-order valence-electron chi connectivity index (χ0n) is 16.1. The second kappa shape index (κ2) is 9.76. The average Bonchev–Trinajstić information content (AvgIpc) is 3.23. The largest absolute Gasteiger partial charge is 0.459 e. The van der Waals surface area contributed by atoms with Crippen LogP contribution in [0.3, 0.4) is 0 Å². The van der Waals surface area contributed by atoms with E-state index < -0.39 is 5.91 Å². The van der Waals surface area contributed by atoms with Crippen LogP contribution in [0.4, 0.5) is 11.4 Å². The van der Waals surface area contributed by atoms with Gasteiger partial charge in [-0.25, -0.2) is 0 Å². The Balaban J connectivity index is 1.66. The Morgan fingerprint density at radius 3 is 2.62 bits per heavy atom. The zero-order valence-corrected chi connectivity index (χ0v) is 17.7. The van der Waals surface area contributed by atoms with Gasteiger partial charge in [-0.15, -0.1) is 0 Å². The zero-order chi connectivity index (χ0) is 20.8. The van der Waals surface area contributed by atoms with Crippen LogP contribution < -0.4 is 15.5 Å². The fourth-order valence-corrected chi connectivity index (χ4v) is 3.55. The predicted octanol–water partition coefficient (Wildman–Crippen LogP) is 3.51. The van der Waals surface area contributed by atoms with E-state index in [4.69, 9.17) is 28.2 Å². The van der Waals surface area contributed by atoms with Gasteiger partial charge in [-0.3, -0.25) is 14.9 Å². The maximum absolute atomic E-state index is 12.1. The van der Waals surface area contributed by atoms with E-state index in [0.29, 0.717) is 43.3 Å². The number of rotatable bonds is 5. The number of hydrogen-bond donors (Lipinski definition) is 2. The number of benzene rings is 1. The molecule has 0 aliphatic carbocycles. The molecule has 3 rings (SSSR count). The summed E-state index contributed by atoms with van der Waals surface area (Å²) in [6, 6.07) is 8.66. The Hall–Kier alpha value is -2.58. The van der Waals surface area contributed by atoms with Gasteiger partial charge in [-0.1, -0.05) is 18.5 Å². The van der Waals surface area contributed by atoms with Gasteiger partial charge in [0.2, 0.25) is 5.91 Å². The lowest BCUT2D eigenvalue weighted by molar-refractivity contribution is -0.131. The summed E-state index contributed by atoms with van der Waals surface area (Å²) in [5.41, 5.74) is 1.60. The number of anilines is 2. The molecular formula is C20H23ClN4O3S. The van der Waals surface area contributed by atoms with E-state index >= 15 is 0 Å². The molecule has 0 atom stereocenters. The third-order valence-electron chi connectivity index (χ3n) is 4.62. The standard InChI is InChI=1S/C20H23ClN4O3S/c1-2-4-18(26)25-10-8-24(9-11-25)16-7-6-14(21)13-15(16)22-20(29)23-19(27)17-5-3-12-28-17/h3,5-7,12-13H,2,4,8-11H2,1H3,(H2,22,23,27,29). The Morgan fingerprint density at radius 2 is 1.97 bits per heavy atom. The number of carbonyl (C=O) groups is 2. The van der Waals surface area contributed by atoms with Crippen LogP contribution in [0.2, 0.25) is 5.02 Å². The monoisotopic (exact) mass is 434 g/mol. The SMILES string of the molecule is CCCC(=O)N1CCN(c2ccc(Cl)cc2NC(=S)NC(=O)c2ccco2)CC1. The maximum Gasteiger partial charge on any atom is 0.293 e. The summed E-state index contributed by atoms with van der Waals surface area (Å²) in [6.07, 6.45) is 2.86. The van der Waals surface area contributed by atoms with Crippen molar-refractivity contribution < 1.29 is 14.0 Å². The van der Waals surface area contributed by atoms with Crippen LogP contribution in [-0.2, 0) is 4.79 Å². The molecule has 1 aromatic heterocycles. The van der Waals surface area contributed by atoms with Crippen molar-refractivity contribution in [2.24, 2.45) is 0 Å². The van der Waals surface area contributed by atoms with Gasteiger partial charge in [0, 0.05) is 37.6 Å². The van der Waals surface area contributed by atoms with Crippen LogP contribution in [-0.4, -0.2) is 48.0 Å². The highest BCUT2D eigenvalue weighted by Gasteiger charge is 2.22. The molecule has 7 nitrogen and oxygen atoms in total. The van der Waals surface area contributed by atoms with Crippen molar-refractivity contribution in [1.29, 1.82) is 0 Å². The topological polar surface area (TPSA) is 77.8 Å². The lowest BCUT2D eigenvalue weighted by Gasteiger charge is -2.37. The summed E-state index contributed by atoms with van der Waals surface area (Å²) in [7, 11) is 0.